The molecule has 0 spiro atoms. The molecule has 88 valence electrons. The third-order valence-electron chi connectivity index (χ3n) is 2.46. The topological polar surface area (TPSA) is 26.0 Å². The summed E-state index contributed by atoms with van der Waals surface area (Å²) in [6.07, 6.45) is 0. The van der Waals surface area contributed by atoms with Crippen molar-refractivity contribution in [3.8, 4) is 0 Å². The third-order valence-corrected chi connectivity index (χ3v) is 3.47. The molecule has 0 bridgehead atoms. The fourth-order valence-electron chi connectivity index (χ4n) is 1.48. The number of nitrogens with two attached hydrogens (primary N) is 1. The van der Waals surface area contributed by atoms with E-state index in [0.717, 1.165) is 15.4 Å². The molecule has 0 amide bonds. The number of benzene rings is 2. The summed E-state index contributed by atoms with van der Waals surface area (Å²) in [6, 6.07) is 14.7. The van der Waals surface area contributed by atoms with Crippen LogP contribution >= 0.6 is 11.8 Å². The minimum atomic E-state index is -0.207. The van der Waals surface area contributed by atoms with Gasteiger partial charge in [0.1, 0.15) is 5.82 Å². The van der Waals surface area contributed by atoms with Crippen molar-refractivity contribution < 1.29 is 4.39 Å². The van der Waals surface area contributed by atoms with E-state index in [2.05, 4.69) is 0 Å². The lowest BCUT2D eigenvalue weighted by Crippen LogP contribution is -2.04. The quantitative estimate of drug-likeness (QED) is 0.887. The monoisotopic (exact) mass is 247 g/mol. The molecule has 0 saturated carbocycles. The zero-order valence-corrected chi connectivity index (χ0v) is 10.4. The minimum absolute atomic E-state index is 0.0554. The second kappa shape index (κ2) is 5.34. The first kappa shape index (κ1) is 12.1. The van der Waals surface area contributed by atoms with Gasteiger partial charge in [-0.3, -0.25) is 0 Å². The Morgan fingerprint density at radius 3 is 1.88 bits per heavy atom. The molecule has 0 fully saturated rings. The van der Waals surface area contributed by atoms with Gasteiger partial charge in [-0.15, -0.1) is 0 Å². The molecule has 2 N–H and O–H groups in total. The lowest BCUT2D eigenvalue weighted by molar-refractivity contribution is 0.626. The average Bonchev–Trinajstić information content (AvgIpc) is 2.33. The molecular weight excluding hydrogens is 233 g/mol. The lowest BCUT2D eigenvalue weighted by Gasteiger charge is -2.06. The highest BCUT2D eigenvalue weighted by molar-refractivity contribution is 7.99. The maximum atomic E-state index is 12.7. The van der Waals surface area contributed by atoms with E-state index in [0.29, 0.717) is 0 Å². The number of hydrogen-bond donors (Lipinski definition) is 1. The highest BCUT2D eigenvalue weighted by Gasteiger charge is 2.01. The zero-order chi connectivity index (χ0) is 12.3. The summed E-state index contributed by atoms with van der Waals surface area (Å²) in [6.45, 7) is 1.96. The van der Waals surface area contributed by atoms with Crippen LogP contribution < -0.4 is 5.73 Å². The Bertz CT molecular complexity index is 477. The molecule has 0 radical (unpaired) electrons. The zero-order valence-electron chi connectivity index (χ0n) is 9.56. The Labute approximate surface area is 105 Å². The maximum absolute atomic E-state index is 12.7. The van der Waals surface area contributed by atoms with Crippen LogP contribution in [0, 0.1) is 5.82 Å². The highest BCUT2D eigenvalue weighted by Crippen LogP contribution is 2.28. The van der Waals surface area contributed by atoms with Crippen molar-refractivity contribution in [2.24, 2.45) is 5.73 Å². The first-order valence-corrected chi connectivity index (χ1v) is 6.26. The van der Waals surface area contributed by atoms with Gasteiger partial charge in [0.2, 0.25) is 0 Å². The van der Waals surface area contributed by atoms with Crippen molar-refractivity contribution in [2.75, 3.05) is 0 Å². The summed E-state index contributed by atoms with van der Waals surface area (Å²) in [5.74, 6) is -0.207. The molecule has 2 rings (SSSR count). The van der Waals surface area contributed by atoms with E-state index in [1.807, 2.05) is 31.2 Å². The smallest absolute Gasteiger partial charge is 0.123 e. The van der Waals surface area contributed by atoms with Crippen LogP contribution in [0.1, 0.15) is 18.5 Å². The molecule has 0 heterocycles. The van der Waals surface area contributed by atoms with E-state index < -0.39 is 0 Å². The Morgan fingerprint density at radius 1 is 0.941 bits per heavy atom. The average molecular weight is 247 g/mol. The maximum Gasteiger partial charge on any atom is 0.123 e. The number of rotatable bonds is 3. The molecule has 0 unspecified atom stereocenters. The summed E-state index contributed by atoms with van der Waals surface area (Å²) >= 11 is 1.61. The predicted octanol–water partition coefficient (Wildman–Crippen LogP) is 4.00. The van der Waals surface area contributed by atoms with Gasteiger partial charge < -0.3 is 5.73 Å². The van der Waals surface area contributed by atoms with E-state index in [4.69, 9.17) is 5.73 Å². The van der Waals surface area contributed by atoms with Gasteiger partial charge in [-0.25, -0.2) is 4.39 Å². The number of hydrogen-bond acceptors (Lipinski definition) is 2. The van der Waals surface area contributed by atoms with Crippen LogP contribution in [0.5, 0.6) is 0 Å². The standard InChI is InChI=1S/C14H14FNS/c1-10(16)11-2-6-13(7-3-11)17-14-8-4-12(15)5-9-14/h2-10H,16H2,1H3/t10-/m0/s1. The van der Waals surface area contributed by atoms with Gasteiger partial charge in [0.15, 0.2) is 0 Å². The van der Waals surface area contributed by atoms with Gasteiger partial charge in [-0.05, 0) is 48.9 Å². The van der Waals surface area contributed by atoms with Crippen LogP contribution in [0.3, 0.4) is 0 Å². The Morgan fingerprint density at radius 2 is 1.41 bits per heavy atom. The van der Waals surface area contributed by atoms with Crippen LogP contribution in [-0.4, -0.2) is 0 Å². The normalized spacial score (nSPS) is 12.4. The summed E-state index contributed by atoms with van der Waals surface area (Å²) in [4.78, 5) is 2.15. The Kier molecular flexibility index (Phi) is 3.82. The van der Waals surface area contributed by atoms with Crippen LogP contribution in [-0.2, 0) is 0 Å². The molecule has 2 aromatic carbocycles. The predicted molar refractivity (Wildman–Crippen MR) is 69.6 cm³/mol. The molecule has 0 saturated heterocycles. The number of halogens is 1. The molecular formula is C14H14FNS. The van der Waals surface area contributed by atoms with Crippen molar-refractivity contribution in [3.63, 3.8) is 0 Å². The highest BCUT2D eigenvalue weighted by atomic mass is 32.2. The van der Waals surface area contributed by atoms with E-state index >= 15 is 0 Å². The fourth-order valence-corrected chi connectivity index (χ4v) is 2.29. The largest absolute Gasteiger partial charge is 0.324 e. The van der Waals surface area contributed by atoms with Crippen molar-refractivity contribution in [1.82, 2.24) is 0 Å². The van der Waals surface area contributed by atoms with E-state index in [-0.39, 0.29) is 11.9 Å². The summed E-state index contributed by atoms with van der Waals surface area (Å²) in [5.41, 5.74) is 6.90. The summed E-state index contributed by atoms with van der Waals surface area (Å²) < 4.78 is 12.7. The van der Waals surface area contributed by atoms with Gasteiger partial charge in [0, 0.05) is 15.8 Å². The first-order chi connectivity index (χ1) is 8.15. The molecule has 3 heteroatoms. The second-order valence-corrected chi connectivity index (χ2v) is 5.06. The van der Waals surface area contributed by atoms with Crippen LogP contribution in [0.2, 0.25) is 0 Å². The van der Waals surface area contributed by atoms with Crippen molar-refractivity contribution >= 4 is 11.8 Å². The van der Waals surface area contributed by atoms with Gasteiger partial charge in [0.25, 0.3) is 0 Å². The van der Waals surface area contributed by atoms with Gasteiger partial charge >= 0.3 is 0 Å². The molecule has 0 aliphatic rings. The van der Waals surface area contributed by atoms with Crippen LogP contribution in [0.15, 0.2) is 58.3 Å². The third kappa shape index (κ3) is 3.32. The first-order valence-electron chi connectivity index (χ1n) is 5.44. The van der Waals surface area contributed by atoms with Crippen molar-refractivity contribution in [1.29, 1.82) is 0 Å². The van der Waals surface area contributed by atoms with Crippen LogP contribution in [0.25, 0.3) is 0 Å². The summed E-state index contributed by atoms with van der Waals surface area (Å²) in [5, 5.41) is 0. The van der Waals surface area contributed by atoms with Crippen molar-refractivity contribution in [2.45, 2.75) is 22.8 Å². The van der Waals surface area contributed by atoms with Crippen LogP contribution in [0.4, 0.5) is 4.39 Å². The molecule has 1 atom stereocenters. The molecule has 1 nitrogen and oxygen atoms in total. The Hall–Kier alpha value is -1.32. The minimum Gasteiger partial charge on any atom is -0.324 e. The second-order valence-electron chi connectivity index (χ2n) is 3.91. The molecule has 0 aromatic heterocycles. The lowest BCUT2D eigenvalue weighted by atomic mass is 10.1. The Balaban J connectivity index is 2.11. The molecule has 0 aliphatic heterocycles. The van der Waals surface area contributed by atoms with Gasteiger partial charge in [-0.1, -0.05) is 23.9 Å². The molecule has 2 aromatic rings. The summed E-state index contributed by atoms with van der Waals surface area (Å²) in [7, 11) is 0. The SMILES string of the molecule is C[C@H](N)c1ccc(Sc2ccc(F)cc2)cc1. The van der Waals surface area contributed by atoms with Gasteiger partial charge in [-0.2, -0.15) is 0 Å². The molecule has 0 aliphatic carbocycles. The van der Waals surface area contributed by atoms with E-state index in [1.165, 1.54) is 12.1 Å². The van der Waals surface area contributed by atoms with Gasteiger partial charge in [0.05, 0.1) is 0 Å². The molecule has 17 heavy (non-hydrogen) atoms. The van der Waals surface area contributed by atoms with E-state index in [1.54, 1.807) is 23.9 Å². The fraction of sp³-hybridized carbons (Fsp3) is 0.143. The van der Waals surface area contributed by atoms with Crippen molar-refractivity contribution in [3.05, 3.63) is 59.9 Å². The van der Waals surface area contributed by atoms with E-state index in [9.17, 15) is 4.39 Å².